The molecule has 0 aromatic heterocycles. The monoisotopic (exact) mass is 467 g/mol. The fourth-order valence-electron chi connectivity index (χ4n) is 8.39. The van der Waals surface area contributed by atoms with E-state index in [1.165, 1.54) is 0 Å². The molecule has 1 aliphatic heterocycles. The van der Waals surface area contributed by atoms with Crippen molar-refractivity contribution < 1.29 is 47.3 Å². The van der Waals surface area contributed by atoms with Crippen LogP contribution in [0.3, 0.4) is 0 Å². The van der Waals surface area contributed by atoms with Crippen LogP contribution >= 0.6 is 0 Å². The fraction of sp³-hybridized carbons (Fsp3) is 0.826. The first-order valence-corrected chi connectivity index (χ1v) is 11.8. The zero-order valence-corrected chi connectivity index (χ0v) is 17.9. The van der Waals surface area contributed by atoms with E-state index < -0.39 is 65.8 Å². The SMILES string of the molecule is O=C1OC2C3CC(C2OC(=O)C24CC5CC(CC(C5)C2)C4)C(C(=O)OCC(F)(F)C(=O)[O-])C13. The fourth-order valence-corrected chi connectivity index (χ4v) is 8.39. The van der Waals surface area contributed by atoms with Gasteiger partial charge in [0.2, 0.25) is 0 Å². The van der Waals surface area contributed by atoms with Crippen LogP contribution in [-0.2, 0) is 33.4 Å². The molecule has 7 fully saturated rings. The highest BCUT2D eigenvalue weighted by atomic mass is 19.3. The molecular weight excluding hydrogens is 442 g/mol. The number of ether oxygens (including phenoxy) is 3. The van der Waals surface area contributed by atoms with Crippen molar-refractivity contribution in [1.29, 1.82) is 0 Å². The second kappa shape index (κ2) is 6.88. The molecule has 0 aromatic carbocycles. The van der Waals surface area contributed by atoms with Crippen LogP contribution in [0.5, 0.6) is 0 Å². The summed E-state index contributed by atoms with van der Waals surface area (Å²) in [6.45, 7) is -1.68. The molecule has 6 bridgehead atoms. The molecular formula is C23H25F2O8-. The van der Waals surface area contributed by atoms with Crippen molar-refractivity contribution in [2.75, 3.05) is 6.61 Å². The average Bonchev–Trinajstić information content (AvgIpc) is 3.34. The predicted molar refractivity (Wildman–Crippen MR) is 99.9 cm³/mol. The van der Waals surface area contributed by atoms with Gasteiger partial charge in [0.1, 0.15) is 18.2 Å². The summed E-state index contributed by atoms with van der Waals surface area (Å²) in [6, 6.07) is 0. The number of alkyl halides is 2. The normalized spacial score (nSPS) is 46.4. The molecule has 0 N–H and O–H groups in total. The van der Waals surface area contributed by atoms with Gasteiger partial charge in [-0.25, -0.2) is 0 Å². The van der Waals surface area contributed by atoms with E-state index in [1.807, 2.05) is 0 Å². The maximum atomic E-state index is 13.4. The summed E-state index contributed by atoms with van der Waals surface area (Å²) in [5.41, 5.74) is -0.523. The van der Waals surface area contributed by atoms with Crippen LogP contribution < -0.4 is 5.11 Å². The van der Waals surface area contributed by atoms with Gasteiger partial charge in [-0.1, -0.05) is 0 Å². The lowest BCUT2D eigenvalue weighted by Crippen LogP contribution is -2.53. The average molecular weight is 467 g/mol. The molecule has 6 saturated carbocycles. The molecule has 1 heterocycles. The van der Waals surface area contributed by atoms with Crippen molar-refractivity contribution in [2.45, 2.75) is 63.1 Å². The summed E-state index contributed by atoms with van der Waals surface area (Å²) in [5, 5.41) is 10.5. The molecule has 6 unspecified atom stereocenters. The van der Waals surface area contributed by atoms with Crippen LogP contribution in [0, 0.1) is 46.8 Å². The highest BCUT2D eigenvalue weighted by Gasteiger charge is 2.71. The van der Waals surface area contributed by atoms with E-state index in [9.17, 15) is 33.1 Å². The molecule has 7 rings (SSSR count). The summed E-state index contributed by atoms with van der Waals surface area (Å²) in [6.07, 6.45) is 4.81. The van der Waals surface area contributed by atoms with E-state index in [0.717, 1.165) is 38.5 Å². The molecule has 6 aliphatic carbocycles. The third-order valence-electron chi connectivity index (χ3n) is 9.23. The lowest BCUT2D eigenvalue weighted by atomic mass is 9.49. The quantitative estimate of drug-likeness (QED) is 0.417. The topological polar surface area (TPSA) is 119 Å². The van der Waals surface area contributed by atoms with Gasteiger partial charge in [-0.2, -0.15) is 8.78 Å². The van der Waals surface area contributed by atoms with Crippen LogP contribution in [-0.4, -0.2) is 48.6 Å². The van der Waals surface area contributed by atoms with Crippen LogP contribution in [0.1, 0.15) is 44.9 Å². The molecule has 33 heavy (non-hydrogen) atoms. The zero-order valence-electron chi connectivity index (χ0n) is 17.9. The minimum atomic E-state index is -4.34. The van der Waals surface area contributed by atoms with Crippen LogP contribution in [0.15, 0.2) is 0 Å². The van der Waals surface area contributed by atoms with Gasteiger partial charge >= 0.3 is 23.8 Å². The number of aliphatic carboxylic acids is 1. The molecule has 1 saturated heterocycles. The minimum Gasteiger partial charge on any atom is -0.544 e. The number of carboxylic acids is 1. The van der Waals surface area contributed by atoms with Crippen molar-refractivity contribution in [3.05, 3.63) is 0 Å². The zero-order chi connectivity index (χ0) is 23.3. The molecule has 0 amide bonds. The Bertz CT molecular complexity index is 896. The number of fused-ring (bicyclic) bond motifs is 1. The minimum absolute atomic E-state index is 0.297. The van der Waals surface area contributed by atoms with Gasteiger partial charge in [0.15, 0.2) is 6.61 Å². The summed E-state index contributed by atoms with van der Waals surface area (Å²) in [4.78, 5) is 49.1. The van der Waals surface area contributed by atoms with Crippen molar-refractivity contribution in [3.63, 3.8) is 0 Å². The van der Waals surface area contributed by atoms with Crippen molar-refractivity contribution in [3.8, 4) is 0 Å². The maximum Gasteiger partial charge on any atom is 0.320 e. The molecule has 6 atom stereocenters. The third-order valence-corrected chi connectivity index (χ3v) is 9.23. The van der Waals surface area contributed by atoms with Crippen molar-refractivity contribution in [1.82, 2.24) is 0 Å². The lowest BCUT2D eigenvalue weighted by molar-refractivity contribution is -0.331. The summed E-state index contributed by atoms with van der Waals surface area (Å²) in [5.74, 6) is -10.3. The standard InChI is InChI=1S/C23H26F2O8/c24-23(25,20(28)29)8-31-18(26)14-12-4-13-15(14)19(27)32-16(13)17(12)33-21(30)22-5-9-1-10(6-22)3-11(2-9)7-22/h9-17H,1-8H2,(H,28,29)/p-1. The lowest BCUT2D eigenvalue weighted by Gasteiger charge is -2.55. The summed E-state index contributed by atoms with van der Waals surface area (Å²) in [7, 11) is 0. The van der Waals surface area contributed by atoms with Crippen molar-refractivity contribution >= 4 is 23.9 Å². The first kappa shape index (κ1) is 21.3. The van der Waals surface area contributed by atoms with E-state index in [2.05, 4.69) is 4.74 Å². The van der Waals surface area contributed by atoms with E-state index >= 15 is 0 Å². The molecule has 8 nitrogen and oxygen atoms in total. The molecule has 0 radical (unpaired) electrons. The second-order valence-electron chi connectivity index (χ2n) is 11.2. The Morgan fingerprint density at radius 1 is 1.03 bits per heavy atom. The van der Waals surface area contributed by atoms with Gasteiger partial charge in [0.25, 0.3) is 0 Å². The third kappa shape index (κ3) is 3.04. The Morgan fingerprint density at radius 2 is 1.64 bits per heavy atom. The molecule has 0 spiro atoms. The predicted octanol–water partition coefficient (Wildman–Crippen LogP) is 0.851. The first-order chi connectivity index (χ1) is 15.6. The summed E-state index contributed by atoms with van der Waals surface area (Å²) >= 11 is 0. The Morgan fingerprint density at radius 3 is 2.21 bits per heavy atom. The van der Waals surface area contributed by atoms with E-state index in [-0.39, 0.29) is 11.9 Å². The van der Waals surface area contributed by atoms with Gasteiger partial charge in [-0.15, -0.1) is 0 Å². The van der Waals surface area contributed by atoms with Crippen molar-refractivity contribution in [2.24, 2.45) is 46.8 Å². The molecule has 0 aromatic rings. The van der Waals surface area contributed by atoms with Crippen LogP contribution in [0.4, 0.5) is 8.78 Å². The van der Waals surface area contributed by atoms with Gasteiger partial charge in [0, 0.05) is 11.8 Å². The molecule has 7 aliphatic rings. The number of hydrogen-bond donors (Lipinski definition) is 0. The Kier molecular flexibility index (Phi) is 4.44. The smallest absolute Gasteiger partial charge is 0.320 e. The van der Waals surface area contributed by atoms with Gasteiger partial charge in [-0.3, -0.25) is 14.4 Å². The Balaban J connectivity index is 1.19. The Hall–Kier alpha value is -2.26. The highest BCUT2D eigenvalue weighted by Crippen LogP contribution is 2.62. The van der Waals surface area contributed by atoms with Gasteiger partial charge in [0.05, 0.1) is 17.3 Å². The number of rotatable bonds is 6. The highest BCUT2D eigenvalue weighted by molar-refractivity contribution is 5.87. The number of carboxylic acid groups (broad SMARTS) is 1. The number of hydrogen-bond acceptors (Lipinski definition) is 8. The van der Waals surface area contributed by atoms with Crippen LogP contribution in [0.25, 0.3) is 0 Å². The molecule has 10 heteroatoms. The van der Waals surface area contributed by atoms with Gasteiger partial charge in [-0.05, 0) is 62.7 Å². The second-order valence-corrected chi connectivity index (χ2v) is 11.2. The number of carbonyl (C=O) groups is 4. The maximum absolute atomic E-state index is 13.4. The number of carbonyl (C=O) groups excluding carboxylic acids is 4. The first-order valence-electron chi connectivity index (χ1n) is 11.8. The number of halogens is 2. The van der Waals surface area contributed by atoms with E-state index in [4.69, 9.17) is 9.47 Å². The van der Waals surface area contributed by atoms with E-state index in [1.54, 1.807) is 0 Å². The van der Waals surface area contributed by atoms with E-state index in [0.29, 0.717) is 24.2 Å². The summed E-state index contributed by atoms with van der Waals surface area (Å²) < 4.78 is 42.8. The van der Waals surface area contributed by atoms with Crippen LogP contribution in [0.2, 0.25) is 0 Å². The number of esters is 3. The Labute approximate surface area is 188 Å². The largest absolute Gasteiger partial charge is 0.544 e. The molecule has 180 valence electrons. The van der Waals surface area contributed by atoms with Gasteiger partial charge < -0.3 is 24.1 Å².